The molecular formula is C60H57N. The molecule has 3 aliphatic rings. The van der Waals surface area contributed by atoms with Crippen LogP contribution in [0.5, 0.6) is 0 Å². The lowest BCUT2D eigenvalue weighted by atomic mass is 9.64. The van der Waals surface area contributed by atoms with Crippen LogP contribution in [0.1, 0.15) is 66.5 Å². The van der Waals surface area contributed by atoms with Crippen LogP contribution < -0.4 is 0 Å². The fourth-order valence-electron chi connectivity index (χ4n) is 7.97. The van der Waals surface area contributed by atoms with E-state index in [9.17, 15) is 0 Å². The summed E-state index contributed by atoms with van der Waals surface area (Å²) in [6.07, 6.45) is 32.3. The van der Waals surface area contributed by atoms with E-state index in [4.69, 9.17) is 11.6 Å². The van der Waals surface area contributed by atoms with Crippen molar-refractivity contribution in [2.75, 3.05) is 0 Å². The first kappa shape index (κ1) is 43.5. The van der Waals surface area contributed by atoms with Gasteiger partial charge < -0.3 is 0 Å². The van der Waals surface area contributed by atoms with E-state index in [1.165, 1.54) is 40.7 Å². The van der Waals surface area contributed by atoms with Crippen molar-refractivity contribution in [3.05, 3.63) is 278 Å². The third-order valence-electron chi connectivity index (χ3n) is 11.3. The number of aromatic nitrogens is 1. The van der Waals surface area contributed by atoms with E-state index in [0.29, 0.717) is 6.42 Å². The molecule has 1 aromatic heterocycles. The molecule has 0 fully saturated rings. The molecule has 0 radical (unpaired) electrons. The van der Waals surface area contributed by atoms with E-state index < -0.39 is 5.41 Å². The smallest absolute Gasteiger partial charge is 0.0708 e. The van der Waals surface area contributed by atoms with Gasteiger partial charge in [0.15, 0.2) is 0 Å². The highest BCUT2D eigenvalue weighted by molar-refractivity contribution is 5.89. The van der Waals surface area contributed by atoms with Crippen molar-refractivity contribution in [3.63, 3.8) is 0 Å². The monoisotopic (exact) mass is 791 g/mol. The third kappa shape index (κ3) is 10.2. The standard InChI is InChI=1S/C54H43N.C4H10.C2H4/c1-40-19-18-28-43-23-12-13-24-44(50-31-15-14-30-49(43)50)35-37-54(52-32-17-16-29-48(40)52)41(2)20-6-3-9-25-45-36-38-55-53(46-26-10-5-11-27-46)39-47(33-34-51(45)54)42-21-7-4-8-22-42;1-3-4-2;1-2/h3-24,26-36,38-39H,1-2,25,37H2;3-4H2,1-2H3;1-2H2/b9-3-,19-18+,20-6-,23-12-,24-13-,34-33?,38-36?,43-28-,44-35+,45-36?,47-33?,47-39?,51-34?,51-45?,53-39?,55-38?,55-53?;;. The first-order valence-corrected chi connectivity index (χ1v) is 21.4. The number of fused-ring (bicyclic) bond motifs is 4. The SMILES string of the molecule is C=C.C=C1/C=C/C=C2/C=C\C=C/C(=C\CC3(C(=C)/C=C\C=C/Cc4ccnc(-c5ccccc5)cc(-c5ccccc5)ccc43)c3ccccc31)c1ccccc12.CCCC. The van der Waals surface area contributed by atoms with Gasteiger partial charge in [-0.25, -0.2) is 0 Å². The van der Waals surface area contributed by atoms with Crippen molar-refractivity contribution in [1.29, 1.82) is 0 Å². The van der Waals surface area contributed by atoms with Crippen LogP contribution in [0.3, 0.4) is 0 Å². The zero-order chi connectivity index (χ0) is 42.9. The molecule has 1 heteroatoms. The molecular weight excluding hydrogens is 735 g/mol. The molecule has 4 aromatic carbocycles. The molecule has 2 bridgehead atoms. The summed E-state index contributed by atoms with van der Waals surface area (Å²) in [5.41, 5.74) is 14.7. The van der Waals surface area contributed by atoms with Gasteiger partial charge in [-0.05, 0) is 91.8 Å². The Morgan fingerprint density at radius 1 is 0.541 bits per heavy atom. The normalized spacial score (nSPS) is 20.5. The summed E-state index contributed by atoms with van der Waals surface area (Å²) >= 11 is 0. The maximum atomic E-state index is 5.15. The number of hydrogen-bond acceptors (Lipinski definition) is 1. The van der Waals surface area contributed by atoms with Crippen molar-refractivity contribution in [1.82, 2.24) is 4.98 Å². The number of allylic oxidation sites excluding steroid dienone is 16. The first-order valence-electron chi connectivity index (χ1n) is 21.4. The molecule has 0 saturated heterocycles. The number of rotatable bonds is 3. The number of unbranched alkanes of at least 4 members (excludes halogenated alkanes) is 1. The minimum absolute atomic E-state index is 0.654. The van der Waals surface area contributed by atoms with Gasteiger partial charge in [-0.1, -0.05) is 234 Å². The van der Waals surface area contributed by atoms with Gasteiger partial charge in [-0.2, -0.15) is 0 Å². The van der Waals surface area contributed by atoms with Crippen LogP contribution in [-0.2, 0) is 11.8 Å². The fourth-order valence-corrected chi connectivity index (χ4v) is 7.97. The Labute approximate surface area is 365 Å². The zero-order valence-corrected chi connectivity index (χ0v) is 35.8. The van der Waals surface area contributed by atoms with Gasteiger partial charge in [-0.15, -0.1) is 13.2 Å². The summed E-state index contributed by atoms with van der Waals surface area (Å²) in [6.45, 7) is 20.0. The summed E-state index contributed by atoms with van der Waals surface area (Å²) in [6, 6.07) is 47.5. The van der Waals surface area contributed by atoms with Crippen LogP contribution >= 0.6 is 0 Å². The van der Waals surface area contributed by atoms with Gasteiger partial charge in [-0.3, -0.25) is 4.98 Å². The second-order valence-electron chi connectivity index (χ2n) is 15.0. The topological polar surface area (TPSA) is 12.9 Å². The van der Waals surface area contributed by atoms with Gasteiger partial charge in [0.05, 0.1) is 5.69 Å². The molecule has 1 spiro atoms. The molecule has 3 aliphatic carbocycles. The van der Waals surface area contributed by atoms with Crippen molar-refractivity contribution in [2.24, 2.45) is 0 Å². The Morgan fingerprint density at radius 3 is 1.85 bits per heavy atom. The van der Waals surface area contributed by atoms with Crippen molar-refractivity contribution in [2.45, 2.75) is 44.9 Å². The van der Waals surface area contributed by atoms with Gasteiger partial charge >= 0.3 is 0 Å². The average Bonchev–Trinajstić information content (AvgIpc) is 3.37. The number of benzene rings is 4. The molecule has 302 valence electrons. The Bertz CT molecular complexity index is 2600. The highest BCUT2D eigenvalue weighted by Crippen LogP contribution is 2.48. The van der Waals surface area contributed by atoms with Gasteiger partial charge in [0.1, 0.15) is 0 Å². The summed E-state index contributed by atoms with van der Waals surface area (Å²) in [4.78, 5) is 5.15. The molecule has 1 unspecified atom stereocenters. The van der Waals surface area contributed by atoms with Gasteiger partial charge in [0.2, 0.25) is 0 Å². The molecule has 8 rings (SSSR count). The van der Waals surface area contributed by atoms with Crippen LogP contribution in [0.4, 0.5) is 0 Å². The minimum atomic E-state index is -0.697. The second kappa shape index (κ2) is 21.8. The summed E-state index contributed by atoms with van der Waals surface area (Å²) in [5.74, 6) is 0. The zero-order valence-electron chi connectivity index (χ0n) is 35.8. The lowest BCUT2D eigenvalue weighted by Gasteiger charge is -2.38. The van der Waals surface area contributed by atoms with Gasteiger partial charge in [0.25, 0.3) is 0 Å². The molecule has 61 heavy (non-hydrogen) atoms. The lowest BCUT2D eigenvalue weighted by molar-refractivity contribution is 0.622. The van der Waals surface area contributed by atoms with Crippen LogP contribution in [0, 0.1) is 0 Å². The van der Waals surface area contributed by atoms with E-state index >= 15 is 0 Å². The van der Waals surface area contributed by atoms with Crippen molar-refractivity contribution < 1.29 is 0 Å². The highest BCUT2D eigenvalue weighted by atomic mass is 14.7. The first-order chi connectivity index (χ1) is 30.0. The Balaban J connectivity index is 0.000000981. The number of nitrogens with zero attached hydrogens (tertiary/aromatic N) is 1. The van der Waals surface area contributed by atoms with E-state index in [0.717, 1.165) is 56.7 Å². The highest BCUT2D eigenvalue weighted by Gasteiger charge is 2.39. The molecule has 0 amide bonds. The van der Waals surface area contributed by atoms with Crippen molar-refractivity contribution in [3.8, 4) is 22.4 Å². The van der Waals surface area contributed by atoms with E-state index in [2.05, 4.69) is 234 Å². The summed E-state index contributed by atoms with van der Waals surface area (Å²) in [7, 11) is 0. The Morgan fingerprint density at radius 2 is 1.15 bits per heavy atom. The quantitative estimate of drug-likeness (QED) is 0.166. The molecule has 5 aromatic rings. The second-order valence-corrected chi connectivity index (χ2v) is 15.0. The predicted octanol–water partition coefficient (Wildman–Crippen LogP) is 16.2. The van der Waals surface area contributed by atoms with Crippen LogP contribution in [0.25, 0.3) is 39.1 Å². The maximum absolute atomic E-state index is 5.15. The van der Waals surface area contributed by atoms with Crippen LogP contribution in [-0.4, -0.2) is 4.98 Å². The molecule has 0 aliphatic heterocycles. The lowest BCUT2D eigenvalue weighted by Crippen LogP contribution is -2.31. The minimum Gasteiger partial charge on any atom is -0.256 e. The number of hydrogen-bond donors (Lipinski definition) is 0. The summed E-state index contributed by atoms with van der Waals surface area (Å²) in [5, 5.41) is 0. The van der Waals surface area contributed by atoms with Gasteiger partial charge in [0, 0.05) is 17.2 Å². The molecule has 0 N–H and O–H groups in total. The summed E-state index contributed by atoms with van der Waals surface area (Å²) < 4.78 is 0. The Kier molecular flexibility index (Phi) is 15.5. The fraction of sp³-hybridized carbons (Fsp3) is 0.117. The van der Waals surface area contributed by atoms with E-state index in [1.54, 1.807) is 0 Å². The van der Waals surface area contributed by atoms with Crippen LogP contribution in [0.15, 0.2) is 244 Å². The molecule has 0 saturated carbocycles. The van der Waals surface area contributed by atoms with Crippen LogP contribution in [0.2, 0.25) is 0 Å². The Hall–Kier alpha value is -7.09. The largest absolute Gasteiger partial charge is 0.256 e. The maximum Gasteiger partial charge on any atom is 0.0708 e. The van der Waals surface area contributed by atoms with E-state index in [1.807, 2.05) is 12.3 Å². The van der Waals surface area contributed by atoms with Crippen molar-refractivity contribution >= 4 is 16.7 Å². The third-order valence-corrected chi connectivity index (χ3v) is 11.3. The molecule has 1 nitrogen and oxygen atoms in total. The molecule has 1 atom stereocenters. The average molecular weight is 792 g/mol. The van der Waals surface area contributed by atoms with E-state index in [-0.39, 0.29) is 0 Å². The molecule has 1 heterocycles. The predicted molar refractivity (Wildman–Crippen MR) is 266 cm³/mol.